The summed E-state index contributed by atoms with van der Waals surface area (Å²) in [5, 5.41) is 2.55. The van der Waals surface area contributed by atoms with Gasteiger partial charge in [0.25, 0.3) is 0 Å². The number of likely N-dealkylation sites (tertiary alicyclic amines) is 1. The number of nitrogens with one attached hydrogen (secondary N) is 1. The van der Waals surface area contributed by atoms with Gasteiger partial charge in [-0.3, -0.25) is 4.79 Å². The molecule has 0 unspecified atom stereocenters. The minimum absolute atomic E-state index is 0.103. The van der Waals surface area contributed by atoms with E-state index in [0.29, 0.717) is 24.8 Å². The maximum atomic E-state index is 12.3. The lowest BCUT2D eigenvalue weighted by Gasteiger charge is -2.38. The Morgan fingerprint density at radius 2 is 2.04 bits per heavy atom. The molecule has 0 radical (unpaired) electrons. The van der Waals surface area contributed by atoms with E-state index in [0.717, 1.165) is 25.9 Å². The number of alkyl carbamates (subject to hydrolysis) is 1. The van der Waals surface area contributed by atoms with Gasteiger partial charge in [0, 0.05) is 26.1 Å². The van der Waals surface area contributed by atoms with E-state index in [9.17, 15) is 9.59 Å². The molecular weight excluding hydrogens is 292 g/mol. The Labute approximate surface area is 138 Å². The summed E-state index contributed by atoms with van der Waals surface area (Å²) >= 11 is 0. The Kier molecular flexibility index (Phi) is 6.44. The van der Waals surface area contributed by atoms with E-state index in [4.69, 9.17) is 0 Å². The standard InChI is InChI=1S/C18H26N2O3/c1-3-14-13-20(17(21)9-11-19-18(22)23-2)12-10-16(14)15-7-5-4-6-8-15/h4-8,14,16H,3,9-13H2,1-2H3,(H,19,22)/t14-,16-/m1/s1. The summed E-state index contributed by atoms with van der Waals surface area (Å²) in [4.78, 5) is 25.3. The largest absolute Gasteiger partial charge is 0.453 e. The van der Waals surface area contributed by atoms with Gasteiger partial charge in [-0.2, -0.15) is 0 Å². The van der Waals surface area contributed by atoms with Gasteiger partial charge in [-0.05, 0) is 23.8 Å². The molecule has 1 heterocycles. The minimum atomic E-state index is -0.493. The van der Waals surface area contributed by atoms with E-state index < -0.39 is 6.09 Å². The summed E-state index contributed by atoms with van der Waals surface area (Å²) in [6.07, 6.45) is 1.89. The average molecular weight is 318 g/mol. The lowest BCUT2D eigenvalue weighted by molar-refractivity contribution is -0.133. The van der Waals surface area contributed by atoms with Crippen LogP contribution in [0.15, 0.2) is 30.3 Å². The predicted octanol–water partition coefficient (Wildman–Crippen LogP) is 2.77. The molecule has 1 fully saturated rings. The monoisotopic (exact) mass is 318 g/mol. The highest BCUT2D eigenvalue weighted by atomic mass is 16.5. The van der Waals surface area contributed by atoms with Crippen LogP contribution in [0.1, 0.15) is 37.7 Å². The molecule has 1 aromatic rings. The quantitative estimate of drug-likeness (QED) is 0.908. The second-order valence-electron chi connectivity index (χ2n) is 5.98. The molecular formula is C18H26N2O3. The molecule has 23 heavy (non-hydrogen) atoms. The van der Waals surface area contributed by atoms with Gasteiger partial charge in [-0.1, -0.05) is 43.7 Å². The Bertz CT molecular complexity index is 518. The van der Waals surface area contributed by atoms with Crippen LogP contribution < -0.4 is 5.32 Å². The van der Waals surface area contributed by atoms with Crippen LogP contribution in [0, 0.1) is 5.92 Å². The Hall–Kier alpha value is -2.04. The number of benzene rings is 1. The molecule has 2 rings (SSSR count). The van der Waals surface area contributed by atoms with E-state index in [1.165, 1.54) is 12.7 Å². The zero-order valence-electron chi connectivity index (χ0n) is 14.0. The van der Waals surface area contributed by atoms with Crippen molar-refractivity contribution in [2.24, 2.45) is 5.92 Å². The molecule has 1 aliphatic rings. The van der Waals surface area contributed by atoms with Crippen LogP contribution in [0.25, 0.3) is 0 Å². The molecule has 5 nitrogen and oxygen atoms in total. The highest BCUT2D eigenvalue weighted by Crippen LogP contribution is 2.34. The topological polar surface area (TPSA) is 58.6 Å². The maximum absolute atomic E-state index is 12.3. The van der Waals surface area contributed by atoms with Crippen LogP contribution in [-0.4, -0.2) is 43.6 Å². The number of carbonyl (C=O) groups is 2. The molecule has 2 amide bonds. The number of piperidine rings is 1. The second-order valence-corrected chi connectivity index (χ2v) is 5.98. The summed E-state index contributed by atoms with van der Waals surface area (Å²) in [6, 6.07) is 10.6. The molecule has 0 spiro atoms. The zero-order chi connectivity index (χ0) is 16.7. The van der Waals surface area contributed by atoms with Crippen molar-refractivity contribution >= 4 is 12.0 Å². The summed E-state index contributed by atoms with van der Waals surface area (Å²) < 4.78 is 4.50. The van der Waals surface area contributed by atoms with Crippen LogP contribution in [0.2, 0.25) is 0 Å². The fourth-order valence-electron chi connectivity index (χ4n) is 3.31. The van der Waals surface area contributed by atoms with Crippen molar-refractivity contribution in [1.82, 2.24) is 10.2 Å². The molecule has 5 heteroatoms. The van der Waals surface area contributed by atoms with Crippen LogP contribution in [0.4, 0.5) is 4.79 Å². The fraction of sp³-hybridized carbons (Fsp3) is 0.556. The van der Waals surface area contributed by atoms with Crippen molar-refractivity contribution in [2.45, 2.75) is 32.1 Å². The highest BCUT2D eigenvalue weighted by Gasteiger charge is 2.30. The molecule has 0 aliphatic carbocycles. The van der Waals surface area contributed by atoms with Crippen molar-refractivity contribution < 1.29 is 14.3 Å². The van der Waals surface area contributed by atoms with Gasteiger partial charge < -0.3 is 15.0 Å². The average Bonchev–Trinajstić information content (AvgIpc) is 2.61. The zero-order valence-corrected chi connectivity index (χ0v) is 14.0. The Balaban J connectivity index is 1.88. The number of carbonyl (C=O) groups excluding carboxylic acids is 2. The number of ether oxygens (including phenoxy) is 1. The molecule has 0 saturated carbocycles. The van der Waals surface area contributed by atoms with Gasteiger partial charge in [0.15, 0.2) is 0 Å². The second kappa shape index (κ2) is 8.56. The third kappa shape index (κ3) is 4.71. The van der Waals surface area contributed by atoms with Gasteiger partial charge >= 0.3 is 6.09 Å². The number of hydrogen-bond donors (Lipinski definition) is 1. The van der Waals surface area contributed by atoms with E-state index in [2.05, 4.69) is 41.2 Å². The third-order valence-electron chi connectivity index (χ3n) is 4.63. The van der Waals surface area contributed by atoms with Crippen molar-refractivity contribution in [3.63, 3.8) is 0 Å². The van der Waals surface area contributed by atoms with Crippen molar-refractivity contribution in [2.75, 3.05) is 26.7 Å². The normalized spacial score (nSPS) is 20.9. The van der Waals surface area contributed by atoms with Gasteiger partial charge in [0.2, 0.25) is 5.91 Å². The van der Waals surface area contributed by atoms with E-state index in [1.807, 2.05) is 11.0 Å². The summed E-state index contributed by atoms with van der Waals surface area (Å²) in [6.45, 7) is 4.09. The fourth-order valence-corrected chi connectivity index (χ4v) is 3.31. The van der Waals surface area contributed by atoms with Gasteiger partial charge in [0.1, 0.15) is 0 Å². The predicted molar refractivity (Wildman–Crippen MR) is 89.2 cm³/mol. The van der Waals surface area contributed by atoms with Crippen molar-refractivity contribution in [3.8, 4) is 0 Å². The summed E-state index contributed by atoms with van der Waals surface area (Å²) in [7, 11) is 1.32. The molecule has 2 atom stereocenters. The minimum Gasteiger partial charge on any atom is -0.453 e. The SMILES string of the molecule is CC[C@@H]1CN(C(=O)CCNC(=O)OC)CC[C@H]1c1ccccc1. The van der Waals surface area contributed by atoms with E-state index in [-0.39, 0.29) is 5.91 Å². The van der Waals surface area contributed by atoms with Gasteiger partial charge in [-0.15, -0.1) is 0 Å². The molecule has 126 valence electrons. The van der Waals surface area contributed by atoms with Gasteiger partial charge in [0.05, 0.1) is 7.11 Å². The van der Waals surface area contributed by atoms with E-state index in [1.54, 1.807) is 0 Å². The number of hydrogen-bond acceptors (Lipinski definition) is 3. The third-order valence-corrected chi connectivity index (χ3v) is 4.63. The van der Waals surface area contributed by atoms with Crippen LogP contribution >= 0.6 is 0 Å². The first-order chi connectivity index (χ1) is 11.2. The smallest absolute Gasteiger partial charge is 0.406 e. The summed E-state index contributed by atoms with van der Waals surface area (Å²) in [5.74, 6) is 1.12. The van der Waals surface area contributed by atoms with Crippen molar-refractivity contribution in [1.29, 1.82) is 0 Å². The molecule has 1 N–H and O–H groups in total. The van der Waals surface area contributed by atoms with E-state index >= 15 is 0 Å². The number of nitrogens with zero attached hydrogens (tertiary/aromatic N) is 1. The lowest BCUT2D eigenvalue weighted by Crippen LogP contribution is -2.43. The number of rotatable bonds is 5. The molecule has 1 aliphatic heterocycles. The Morgan fingerprint density at radius 1 is 1.30 bits per heavy atom. The van der Waals surface area contributed by atoms with Crippen molar-refractivity contribution in [3.05, 3.63) is 35.9 Å². The Morgan fingerprint density at radius 3 is 2.70 bits per heavy atom. The number of methoxy groups -OCH3 is 1. The summed E-state index contributed by atoms with van der Waals surface area (Å²) in [5.41, 5.74) is 1.37. The first kappa shape index (κ1) is 17.3. The molecule has 0 aromatic heterocycles. The number of amides is 2. The first-order valence-corrected chi connectivity index (χ1v) is 8.30. The van der Waals surface area contributed by atoms with Crippen LogP contribution in [-0.2, 0) is 9.53 Å². The highest BCUT2D eigenvalue weighted by molar-refractivity contribution is 5.77. The van der Waals surface area contributed by atoms with Crippen LogP contribution in [0.5, 0.6) is 0 Å². The maximum Gasteiger partial charge on any atom is 0.406 e. The lowest BCUT2D eigenvalue weighted by atomic mass is 9.79. The molecule has 0 bridgehead atoms. The van der Waals surface area contributed by atoms with Gasteiger partial charge in [-0.25, -0.2) is 4.79 Å². The van der Waals surface area contributed by atoms with Crippen LogP contribution in [0.3, 0.4) is 0 Å². The molecule has 1 saturated heterocycles. The first-order valence-electron chi connectivity index (χ1n) is 8.30. The molecule has 1 aromatic carbocycles.